The highest BCUT2D eigenvalue weighted by Crippen LogP contribution is 2.38. The zero-order valence-electron chi connectivity index (χ0n) is 13.2. The maximum absolute atomic E-state index is 3.75. The molecule has 1 aromatic rings. The fraction of sp³-hybridized carbons (Fsp3) is 0.667. The van der Waals surface area contributed by atoms with Crippen molar-refractivity contribution in [3.63, 3.8) is 0 Å². The first kappa shape index (κ1) is 15.4. The normalized spacial score (nSPS) is 31.2. The van der Waals surface area contributed by atoms with Gasteiger partial charge in [-0.3, -0.25) is 0 Å². The minimum atomic E-state index is 0.502. The summed E-state index contributed by atoms with van der Waals surface area (Å²) >= 11 is 2.19. The monoisotopic (exact) mass is 304 g/mol. The average molecular weight is 305 g/mol. The zero-order valence-corrected chi connectivity index (χ0v) is 14.0. The van der Waals surface area contributed by atoms with Gasteiger partial charge in [0.05, 0.1) is 0 Å². The van der Waals surface area contributed by atoms with Crippen LogP contribution in [0.2, 0.25) is 0 Å². The van der Waals surface area contributed by atoms with Crippen LogP contribution >= 0.6 is 11.8 Å². The summed E-state index contributed by atoms with van der Waals surface area (Å²) in [5.74, 6) is 1.36. The molecule has 0 amide bonds. The minimum absolute atomic E-state index is 0.502. The van der Waals surface area contributed by atoms with E-state index < -0.39 is 0 Å². The molecule has 2 saturated heterocycles. The van der Waals surface area contributed by atoms with Crippen molar-refractivity contribution in [1.29, 1.82) is 0 Å². The van der Waals surface area contributed by atoms with Crippen LogP contribution in [-0.2, 0) is 6.42 Å². The van der Waals surface area contributed by atoms with Gasteiger partial charge in [0.1, 0.15) is 0 Å². The second kappa shape index (κ2) is 7.17. The molecule has 3 rings (SSSR count). The fourth-order valence-electron chi connectivity index (χ4n) is 3.69. The lowest BCUT2D eigenvalue weighted by molar-refractivity contribution is 0.243. The lowest BCUT2D eigenvalue weighted by Crippen LogP contribution is -2.43. The van der Waals surface area contributed by atoms with Gasteiger partial charge in [-0.2, -0.15) is 11.8 Å². The van der Waals surface area contributed by atoms with Gasteiger partial charge in [-0.05, 0) is 57.0 Å². The first-order valence-corrected chi connectivity index (χ1v) is 9.36. The standard InChI is InChI=1S/C18H28N2S/c1-18(9-5-12-21-18)15-20-11-6-10-19-17(14-20)13-16-7-3-2-4-8-16/h2-4,7-8,17,19H,5-6,9-15H2,1H3. The van der Waals surface area contributed by atoms with E-state index in [4.69, 9.17) is 0 Å². The Morgan fingerprint density at radius 1 is 1.29 bits per heavy atom. The highest BCUT2D eigenvalue weighted by molar-refractivity contribution is 8.00. The molecule has 0 aromatic heterocycles. The molecule has 1 N–H and O–H groups in total. The molecule has 1 aromatic carbocycles. The van der Waals surface area contributed by atoms with Gasteiger partial charge in [0.25, 0.3) is 0 Å². The molecule has 2 nitrogen and oxygen atoms in total. The van der Waals surface area contributed by atoms with Gasteiger partial charge < -0.3 is 10.2 Å². The van der Waals surface area contributed by atoms with E-state index >= 15 is 0 Å². The molecule has 2 heterocycles. The second-order valence-corrected chi connectivity index (χ2v) is 8.51. The van der Waals surface area contributed by atoms with E-state index in [-0.39, 0.29) is 0 Å². The van der Waals surface area contributed by atoms with Crippen LogP contribution in [0.15, 0.2) is 30.3 Å². The van der Waals surface area contributed by atoms with Crippen molar-refractivity contribution >= 4 is 11.8 Å². The molecule has 116 valence electrons. The Bertz CT molecular complexity index is 428. The average Bonchev–Trinajstić information content (AvgIpc) is 2.78. The van der Waals surface area contributed by atoms with Gasteiger partial charge >= 0.3 is 0 Å². The summed E-state index contributed by atoms with van der Waals surface area (Å²) < 4.78 is 0.502. The summed E-state index contributed by atoms with van der Waals surface area (Å²) in [6, 6.07) is 11.5. The molecule has 2 aliphatic heterocycles. The van der Waals surface area contributed by atoms with Gasteiger partial charge in [-0.15, -0.1) is 0 Å². The minimum Gasteiger partial charge on any atom is -0.312 e. The van der Waals surface area contributed by atoms with Gasteiger partial charge in [0.15, 0.2) is 0 Å². The van der Waals surface area contributed by atoms with E-state index in [0.717, 1.165) is 13.0 Å². The lowest BCUT2D eigenvalue weighted by atomic mass is 10.0. The molecule has 2 fully saturated rings. The van der Waals surface area contributed by atoms with E-state index in [9.17, 15) is 0 Å². The summed E-state index contributed by atoms with van der Waals surface area (Å²) in [7, 11) is 0. The summed E-state index contributed by atoms with van der Waals surface area (Å²) in [6.45, 7) is 7.36. The Hall–Kier alpha value is -0.510. The lowest BCUT2D eigenvalue weighted by Gasteiger charge is -2.32. The highest BCUT2D eigenvalue weighted by Gasteiger charge is 2.32. The van der Waals surface area contributed by atoms with Crippen molar-refractivity contribution in [2.75, 3.05) is 31.9 Å². The summed E-state index contributed by atoms with van der Waals surface area (Å²) in [6.07, 6.45) is 5.24. The molecular weight excluding hydrogens is 276 g/mol. The van der Waals surface area contributed by atoms with Crippen LogP contribution in [-0.4, -0.2) is 47.6 Å². The van der Waals surface area contributed by atoms with E-state index in [2.05, 4.69) is 59.2 Å². The molecule has 0 bridgehead atoms. The molecule has 2 aliphatic rings. The number of nitrogens with zero attached hydrogens (tertiary/aromatic N) is 1. The zero-order chi connectivity index (χ0) is 14.5. The number of thioether (sulfide) groups is 1. The van der Waals surface area contributed by atoms with Crippen molar-refractivity contribution in [3.05, 3.63) is 35.9 Å². The Kier molecular flexibility index (Phi) is 5.25. The van der Waals surface area contributed by atoms with E-state index in [1.54, 1.807) is 0 Å². The van der Waals surface area contributed by atoms with Crippen LogP contribution < -0.4 is 5.32 Å². The second-order valence-electron chi connectivity index (χ2n) is 6.83. The predicted molar refractivity (Wildman–Crippen MR) is 93.1 cm³/mol. The molecule has 2 unspecified atom stereocenters. The van der Waals surface area contributed by atoms with Crippen LogP contribution in [0.5, 0.6) is 0 Å². The molecule has 0 radical (unpaired) electrons. The topological polar surface area (TPSA) is 15.3 Å². The highest BCUT2D eigenvalue weighted by atomic mass is 32.2. The maximum atomic E-state index is 3.75. The number of hydrogen-bond donors (Lipinski definition) is 1. The summed E-state index contributed by atoms with van der Waals surface area (Å²) in [5.41, 5.74) is 1.46. The summed E-state index contributed by atoms with van der Waals surface area (Å²) in [4.78, 5) is 2.71. The van der Waals surface area contributed by atoms with Crippen LogP contribution in [0.25, 0.3) is 0 Å². The molecular formula is C18H28N2S. The first-order valence-electron chi connectivity index (χ1n) is 8.37. The van der Waals surface area contributed by atoms with Crippen LogP contribution in [0, 0.1) is 0 Å². The summed E-state index contributed by atoms with van der Waals surface area (Å²) in [5, 5.41) is 3.75. The smallest absolute Gasteiger partial charge is 0.0259 e. The Balaban J connectivity index is 1.58. The number of nitrogens with one attached hydrogen (secondary N) is 1. The largest absolute Gasteiger partial charge is 0.312 e. The SMILES string of the molecule is CC1(CN2CCCNC(Cc3ccccc3)C2)CCCS1. The molecule has 0 aliphatic carbocycles. The van der Waals surface area contributed by atoms with Gasteiger partial charge in [-0.1, -0.05) is 30.3 Å². The molecule has 2 atom stereocenters. The van der Waals surface area contributed by atoms with Gasteiger partial charge in [0, 0.05) is 23.9 Å². The molecule has 0 saturated carbocycles. The van der Waals surface area contributed by atoms with Crippen molar-refractivity contribution in [1.82, 2.24) is 10.2 Å². The van der Waals surface area contributed by atoms with Crippen molar-refractivity contribution in [2.24, 2.45) is 0 Å². The molecule has 21 heavy (non-hydrogen) atoms. The van der Waals surface area contributed by atoms with Crippen molar-refractivity contribution in [2.45, 2.75) is 43.4 Å². The van der Waals surface area contributed by atoms with E-state index in [0.29, 0.717) is 10.8 Å². The van der Waals surface area contributed by atoms with Crippen LogP contribution in [0.4, 0.5) is 0 Å². The maximum Gasteiger partial charge on any atom is 0.0259 e. The Morgan fingerprint density at radius 3 is 2.90 bits per heavy atom. The van der Waals surface area contributed by atoms with Gasteiger partial charge in [0.2, 0.25) is 0 Å². The third kappa shape index (κ3) is 4.48. The molecule has 0 spiro atoms. The first-order chi connectivity index (χ1) is 10.2. The Labute approximate surface area is 133 Å². The van der Waals surface area contributed by atoms with Crippen LogP contribution in [0.1, 0.15) is 31.7 Å². The van der Waals surface area contributed by atoms with E-state index in [1.807, 2.05) is 0 Å². The number of rotatable bonds is 4. The quantitative estimate of drug-likeness (QED) is 0.920. The number of benzene rings is 1. The predicted octanol–water partition coefficient (Wildman–Crippen LogP) is 3.18. The number of hydrogen-bond acceptors (Lipinski definition) is 3. The third-order valence-electron chi connectivity index (χ3n) is 4.75. The van der Waals surface area contributed by atoms with E-state index in [1.165, 1.54) is 50.2 Å². The molecule has 3 heteroatoms. The third-order valence-corrected chi connectivity index (χ3v) is 6.27. The van der Waals surface area contributed by atoms with Crippen molar-refractivity contribution < 1.29 is 0 Å². The van der Waals surface area contributed by atoms with Gasteiger partial charge in [-0.25, -0.2) is 0 Å². The van der Waals surface area contributed by atoms with Crippen molar-refractivity contribution in [3.8, 4) is 0 Å². The fourth-order valence-corrected chi connectivity index (χ4v) is 5.03. The van der Waals surface area contributed by atoms with Crippen LogP contribution in [0.3, 0.4) is 0 Å². The Morgan fingerprint density at radius 2 is 2.14 bits per heavy atom.